The van der Waals surface area contributed by atoms with Crippen molar-refractivity contribution in [1.82, 2.24) is 5.32 Å². The molecular formula is C13H14N2O2. The minimum absolute atomic E-state index is 0.238. The average molecular weight is 230 g/mol. The molecule has 1 amide bonds. The summed E-state index contributed by atoms with van der Waals surface area (Å²) in [6.07, 6.45) is 0. The van der Waals surface area contributed by atoms with E-state index in [1.165, 1.54) is 0 Å². The molecule has 3 N–H and O–H groups in total. The molecule has 1 aromatic carbocycles. The first-order valence-electron chi connectivity index (χ1n) is 5.45. The van der Waals surface area contributed by atoms with Crippen LogP contribution in [0.3, 0.4) is 0 Å². The first-order valence-corrected chi connectivity index (χ1v) is 5.45. The van der Waals surface area contributed by atoms with Crippen LogP contribution >= 0.6 is 0 Å². The van der Waals surface area contributed by atoms with Crippen LogP contribution < -0.4 is 11.1 Å². The van der Waals surface area contributed by atoms with Gasteiger partial charge in [0, 0.05) is 18.7 Å². The average Bonchev–Trinajstić information content (AvgIpc) is 2.86. The van der Waals surface area contributed by atoms with Crippen LogP contribution in [0.2, 0.25) is 0 Å². The predicted molar refractivity (Wildman–Crippen MR) is 65.5 cm³/mol. The minimum atomic E-state index is -0.238. The van der Waals surface area contributed by atoms with Gasteiger partial charge in [0.25, 0.3) is 5.91 Å². The molecule has 0 saturated heterocycles. The maximum atomic E-state index is 11.6. The summed E-state index contributed by atoms with van der Waals surface area (Å²) in [5, 5.41) is 2.66. The zero-order chi connectivity index (χ0) is 12.1. The molecule has 0 saturated carbocycles. The van der Waals surface area contributed by atoms with E-state index in [0.717, 1.165) is 5.56 Å². The van der Waals surface area contributed by atoms with Crippen molar-refractivity contribution in [1.29, 1.82) is 0 Å². The van der Waals surface area contributed by atoms with Crippen LogP contribution in [0.4, 0.5) is 0 Å². The highest BCUT2D eigenvalue weighted by atomic mass is 16.3. The summed E-state index contributed by atoms with van der Waals surface area (Å²) < 4.78 is 5.48. The second kappa shape index (κ2) is 5.32. The minimum Gasteiger partial charge on any atom is -0.451 e. The second-order valence-corrected chi connectivity index (χ2v) is 3.57. The van der Waals surface area contributed by atoms with Gasteiger partial charge in [-0.25, -0.2) is 0 Å². The Hall–Kier alpha value is -2.07. The Kier molecular flexibility index (Phi) is 3.57. The van der Waals surface area contributed by atoms with E-state index < -0.39 is 0 Å². The molecule has 0 atom stereocenters. The molecule has 4 nitrogen and oxygen atoms in total. The Morgan fingerprint density at radius 3 is 2.65 bits per heavy atom. The summed E-state index contributed by atoms with van der Waals surface area (Å²) in [7, 11) is 0. The predicted octanol–water partition coefficient (Wildman–Crippen LogP) is 1.64. The third-order valence-electron chi connectivity index (χ3n) is 2.32. The molecule has 4 heteroatoms. The molecule has 88 valence electrons. The van der Waals surface area contributed by atoms with Gasteiger partial charge in [-0.2, -0.15) is 0 Å². The first-order chi connectivity index (χ1) is 8.31. The van der Waals surface area contributed by atoms with Crippen molar-refractivity contribution in [2.75, 3.05) is 13.1 Å². The van der Waals surface area contributed by atoms with Gasteiger partial charge in [-0.3, -0.25) is 4.79 Å². The summed E-state index contributed by atoms with van der Waals surface area (Å²) in [6, 6.07) is 13.1. The Morgan fingerprint density at radius 2 is 1.94 bits per heavy atom. The number of nitrogens with one attached hydrogen (secondary N) is 1. The normalized spacial score (nSPS) is 10.2. The van der Waals surface area contributed by atoms with Crippen molar-refractivity contribution >= 4 is 5.91 Å². The highest BCUT2D eigenvalue weighted by Gasteiger charge is 2.10. The smallest absolute Gasteiger partial charge is 0.287 e. The van der Waals surface area contributed by atoms with Crippen molar-refractivity contribution in [2.24, 2.45) is 5.73 Å². The van der Waals surface area contributed by atoms with Gasteiger partial charge in [-0.1, -0.05) is 30.3 Å². The lowest BCUT2D eigenvalue weighted by Crippen LogP contribution is -2.28. The Labute approximate surface area is 99.4 Å². The number of carbonyl (C=O) groups is 1. The van der Waals surface area contributed by atoms with Crippen molar-refractivity contribution < 1.29 is 9.21 Å². The monoisotopic (exact) mass is 230 g/mol. The molecule has 0 aliphatic rings. The zero-order valence-corrected chi connectivity index (χ0v) is 9.35. The fourth-order valence-electron chi connectivity index (χ4n) is 1.49. The van der Waals surface area contributed by atoms with E-state index in [4.69, 9.17) is 10.2 Å². The van der Waals surface area contributed by atoms with Gasteiger partial charge in [0.05, 0.1) is 0 Å². The number of furan rings is 1. The number of carbonyl (C=O) groups excluding carboxylic acids is 1. The van der Waals surface area contributed by atoms with Gasteiger partial charge in [0.1, 0.15) is 5.76 Å². The first kappa shape index (κ1) is 11.4. The third kappa shape index (κ3) is 2.73. The summed E-state index contributed by atoms with van der Waals surface area (Å²) >= 11 is 0. The van der Waals surface area contributed by atoms with E-state index in [1.54, 1.807) is 12.1 Å². The molecule has 0 radical (unpaired) electrons. The van der Waals surface area contributed by atoms with E-state index in [1.807, 2.05) is 30.3 Å². The molecule has 17 heavy (non-hydrogen) atoms. The molecule has 2 rings (SSSR count). The summed E-state index contributed by atoms with van der Waals surface area (Å²) in [6.45, 7) is 0.859. The largest absolute Gasteiger partial charge is 0.451 e. The van der Waals surface area contributed by atoms with Crippen molar-refractivity contribution in [3.63, 3.8) is 0 Å². The lowest BCUT2D eigenvalue weighted by atomic mass is 10.2. The van der Waals surface area contributed by atoms with E-state index in [2.05, 4.69) is 5.32 Å². The molecule has 0 bridgehead atoms. The van der Waals surface area contributed by atoms with E-state index in [-0.39, 0.29) is 5.91 Å². The Balaban J connectivity index is 2.14. The fraction of sp³-hybridized carbons (Fsp3) is 0.154. The third-order valence-corrected chi connectivity index (χ3v) is 2.32. The molecule has 0 spiro atoms. The number of rotatable bonds is 4. The summed E-state index contributed by atoms with van der Waals surface area (Å²) in [5.74, 6) is 0.749. The van der Waals surface area contributed by atoms with E-state index in [0.29, 0.717) is 24.6 Å². The van der Waals surface area contributed by atoms with Crippen molar-refractivity contribution in [3.8, 4) is 11.3 Å². The van der Waals surface area contributed by atoms with Crippen molar-refractivity contribution in [3.05, 3.63) is 48.2 Å². The zero-order valence-electron chi connectivity index (χ0n) is 9.35. The van der Waals surface area contributed by atoms with Crippen molar-refractivity contribution in [2.45, 2.75) is 0 Å². The van der Waals surface area contributed by atoms with Gasteiger partial charge in [0.2, 0.25) is 0 Å². The molecule has 1 aromatic heterocycles. The molecule has 0 fully saturated rings. The molecule has 2 aromatic rings. The van der Waals surface area contributed by atoms with Crippen LogP contribution in [0.5, 0.6) is 0 Å². The van der Waals surface area contributed by atoms with E-state index in [9.17, 15) is 4.79 Å². The quantitative estimate of drug-likeness (QED) is 0.838. The molecule has 0 unspecified atom stereocenters. The summed E-state index contributed by atoms with van der Waals surface area (Å²) in [5.41, 5.74) is 6.26. The van der Waals surface area contributed by atoms with Gasteiger partial charge in [-0.05, 0) is 12.1 Å². The van der Waals surface area contributed by atoms with Crippen LogP contribution in [-0.2, 0) is 0 Å². The van der Waals surface area contributed by atoms with Gasteiger partial charge < -0.3 is 15.5 Å². The molecular weight excluding hydrogens is 216 g/mol. The molecule has 0 aliphatic heterocycles. The lowest BCUT2D eigenvalue weighted by molar-refractivity contribution is 0.0928. The van der Waals surface area contributed by atoms with Gasteiger partial charge in [-0.15, -0.1) is 0 Å². The van der Waals surface area contributed by atoms with Gasteiger partial charge in [0.15, 0.2) is 5.76 Å². The van der Waals surface area contributed by atoms with Crippen LogP contribution in [-0.4, -0.2) is 19.0 Å². The standard InChI is InChI=1S/C13H14N2O2/c14-8-9-15-13(16)12-7-6-11(17-12)10-4-2-1-3-5-10/h1-7H,8-9,14H2,(H,15,16). The topological polar surface area (TPSA) is 68.3 Å². The van der Waals surface area contributed by atoms with Crippen LogP contribution in [0.25, 0.3) is 11.3 Å². The maximum absolute atomic E-state index is 11.6. The number of benzene rings is 1. The van der Waals surface area contributed by atoms with E-state index >= 15 is 0 Å². The van der Waals surface area contributed by atoms with Crippen LogP contribution in [0, 0.1) is 0 Å². The van der Waals surface area contributed by atoms with Crippen LogP contribution in [0.1, 0.15) is 10.6 Å². The number of nitrogens with two attached hydrogens (primary N) is 1. The SMILES string of the molecule is NCCNC(=O)c1ccc(-c2ccccc2)o1. The highest BCUT2D eigenvalue weighted by Crippen LogP contribution is 2.21. The highest BCUT2D eigenvalue weighted by molar-refractivity contribution is 5.92. The number of hydrogen-bond acceptors (Lipinski definition) is 3. The number of amides is 1. The van der Waals surface area contributed by atoms with Gasteiger partial charge >= 0.3 is 0 Å². The summed E-state index contributed by atoms with van der Waals surface area (Å²) in [4.78, 5) is 11.6. The fourth-order valence-corrected chi connectivity index (χ4v) is 1.49. The Morgan fingerprint density at radius 1 is 1.18 bits per heavy atom. The lowest BCUT2D eigenvalue weighted by Gasteiger charge is -1.99. The second-order valence-electron chi connectivity index (χ2n) is 3.57. The molecule has 0 aliphatic carbocycles. The molecule has 1 heterocycles. The Bertz CT molecular complexity index is 491. The van der Waals surface area contributed by atoms with Crippen LogP contribution in [0.15, 0.2) is 46.9 Å². The maximum Gasteiger partial charge on any atom is 0.287 e. The number of hydrogen-bond donors (Lipinski definition) is 2.